The Kier molecular flexibility index (Phi) is 3.68. The fourth-order valence-electron chi connectivity index (χ4n) is 2.28. The van der Waals surface area contributed by atoms with Crippen molar-refractivity contribution in [1.29, 1.82) is 0 Å². The Bertz CT molecular complexity index is 460. The molecule has 0 bridgehead atoms. The van der Waals surface area contributed by atoms with Crippen LogP contribution in [0.25, 0.3) is 0 Å². The van der Waals surface area contributed by atoms with Crippen molar-refractivity contribution in [3.05, 3.63) is 18.1 Å². The largest absolute Gasteiger partial charge is 0.369 e. The summed E-state index contributed by atoms with van der Waals surface area (Å²) in [4.78, 5) is 22.1. The van der Waals surface area contributed by atoms with E-state index in [0.717, 1.165) is 0 Å². The molecule has 0 aliphatic carbocycles. The van der Waals surface area contributed by atoms with Gasteiger partial charge in [-0.25, -0.2) is 15.8 Å². The highest BCUT2D eigenvalue weighted by molar-refractivity contribution is 5.92. The number of carbonyl (C=O) groups is 1. The first-order valence-corrected chi connectivity index (χ1v) is 6.17. The molecule has 1 saturated heterocycles. The number of nitrogen functional groups attached to an aromatic ring is 1. The standard InChI is InChI=1S/C12H19N5O2/c1-8-6-17(7-12(2,3)19-8)11(18)9-4-15-10(16-13)5-14-9/h4-5,8H,6-7,13H2,1-3H3,(H,15,16). The lowest BCUT2D eigenvalue weighted by Crippen LogP contribution is -2.53. The van der Waals surface area contributed by atoms with E-state index in [4.69, 9.17) is 10.6 Å². The zero-order valence-electron chi connectivity index (χ0n) is 11.4. The van der Waals surface area contributed by atoms with Gasteiger partial charge in [-0.05, 0) is 20.8 Å². The first-order chi connectivity index (χ1) is 8.91. The van der Waals surface area contributed by atoms with Gasteiger partial charge in [-0.1, -0.05) is 0 Å². The number of nitrogens with zero attached hydrogens (tertiary/aromatic N) is 3. The van der Waals surface area contributed by atoms with Crippen LogP contribution in [0.5, 0.6) is 0 Å². The number of nitrogens with one attached hydrogen (secondary N) is 1. The van der Waals surface area contributed by atoms with Crippen molar-refractivity contribution in [1.82, 2.24) is 14.9 Å². The third-order valence-electron chi connectivity index (χ3n) is 2.88. The number of hydrogen-bond acceptors (Lipinski definition) is 6. The number of hydrazine groups is 1. The molecule has 0 radical (unpaired) electrons. The molecule has 7 nitrogen and oxygen atoms in total. The molecule has 1 aromatic rings. The Morgan fingerprint density at radius 1 is 1.53 bits per heavy atom. The summed E-state index contributed by atoms with van der Waals surface area (Å²) in [5.74, 6) is 5.49. The molecule has 0 spiro atoms. The van der Waals surface area contributed by atoms with Crippen LogP contribution in [0, 0.1) is 0 Å². The van der Waals surface area contributed by atoms with Crippen molar-refractivity contribution in [3.8, 4) is 0 Å². The number of amides is 1. The lowest BCUT2D eigenvalue weighted by atomic mass is 10.1. The first-order valence-electron chi connectivity index (χ1n) is 6.17. The van der Waals surface area contributed by atoms with Gasteiger partial charge in [0.2, 0.25) is 0 Å². The van der Waals surface area contributed by atoms with Gasteiger partial charge >= 0.3 is 0 Å². The maximum Gasteiger partial charge on any atom is 0.274 e. The topological polar surface area (TPSA) is 93.4 Å². The lowest BCUT2D eigenvalue weighted by Gasteiger charge is -2.41. The number of hydrogen-bond donors (Lipinski definition) is 2. The summed E-state index contributed by atoms with van der Waals surface area (Å²) in [7, 11) is 0. The predicted octanol–water partition coefficient (Wildman–Crippen LogP) is 0.402. The van der Waals surface area contributed by atoms with Crippen LogP contribution >= 0.6 is 0 Å². The average Bonchev–Trinajstić information content (AvgIpc) is 2.35. The van der Waals surface area contributed by atoms with Gasteiger partial charge in [-0.2, -0.15) is 0 Å². The maximum absolute atomic E-state index is 12.3. The maximum atomic E-state index is 12.3. The zero-order chi connectivity index (χ0) is 14.0. The number of morpholine rings is 1. The third-order valence-corrected chi connectivity index (χ3v) is 2.88. The SMILES string of the molecule is CC1CN(C(=O)c2cnc(NN)cn2)CC(C)(C)O1. The second-order valence-electron chi connectivity index (χ2n) is 5.31. The molecule has 1 atom stereocenters. The van der Waals surface area contributed by atoms with Gasteiger partial charge in [0.25, 0.3) is 5.91 Å². The number of carbonyl (C=O) groups excluding carboxylic acids is 1. The Balaban J connectivity index is 2.14. The zero-order valence-corrected chi connectivity index (χ0v) is 11.4. The van der Waals surface area contributed by atoms with E-state index in [1.165, 1.54) is 12.4 Å². The van der Waals surface area contributed by atoms with Gasteiger partial charge in [-0.3, -0.25) is 4.79 Å². The molecular weight excluding hydrogens is 246 g/mol. The Labute approximate surface area is 112 Å². The van der Waals surface area contributed by atoms with Crippen molar-refractivity contribution < 1.29 is 9.53 Å². The van der Waals surface area contributed by atoms with Crippen molar-refractivity contribution in [3.63, 3.8) is 0 Å². The molecular formula is C12H19N5O2. The van der Waals surface area contributed by atoms with Crippen molar-refractivity contribution >= 4 is 11.7 Å². The predicted molar refractivity (Wildman–Crippen MR) is 70.4 cm³/mol. The molecule has 0 aromatic carbocycles. The van der Waals surface area contributed by atoms with Crippen LogP contribution in [0.15, 0.2) is 12.4 Å². The van der Waals surface area contributed by atoms with Crippen molar-refractivity contribution in [2.24, 2.45) is 5.84 Å². The molecule has 1 aromatic heterocycles. The molecule has 1 amide bonds. The summed E-state index contributed by atoms with van der Waals surface area (Å²) in [6, 6.07) is 0. The van der Waals surface area contributed by atoms with E-state index in [2.05, 4.69) is 15.4 Å². The van der Waals surface area contributed by atoms with E-state index in [1.54, 1.807) is 4.90 Å². The molecule has 1 unspecified atom stereocenters. The second kappa shape index (κ2) is 5.10. The van der Waals surface area contributed by atoms with E-state index in [0.29, 0.717) is 24.6 Å². The average molecular weight is 265 g/mol. The smallest absolute Gasteiger partial charge is 0.274 e. The highest BCUT2D eigenvalue weighted by Gasteiger charge is 2.34. The first kappa shape index (κ1) is 13.7. The van der Waals surface area contributed by atoms with Crippen LogP contribution in [0.4, 0.5) is 5.82 Å². The van der Waals surface area contributed by atoms with Crippen LogP contribution in [-0.2, 0) is 4.74 Å². The normalized spacial score (nSPS) is 22.1. The van der Waals surface area contributed by atoms with Gasteiger partial charge in [0.05, 0.1) is 24.1 Å². The Hall–Kier alpha value is -1.73. The number of aromatic nitrogens is 2. The van der Waals surface area contributed by atoms with E-state index < -0.39 is 0 Å². The summed E-state index contributed by atoms with van der Waals surface area (Å²) in [6.07, 6.45) is 2.86. The van der Waals surface area contributed by atoms with Gasteiger partial charge < -0.3 is 15.1 Å². The molecule has 104 valence electrons. The molecule has 7 heteroatoms. The lowest BCUT2D eigenvalue weighted by molar-refractivity contribution is -0.118. The molecule has 1 fully saturated rings. The van der Waals surface area contributed by atoms with E-state index >= 15 is 0 Å². The molecule has 2 heterocycles. The molecule has 2 rings (SSSR count). The van der Waals surface area contributed by atoms with Gasteiger partial charge in [0.15, 0.2) is 5.82 Å². The number of nitrogens with two attached hydrogens (primary N) is 1. The fourth-order valence-corrected chi connectivity index (χ4v) is 2.28. The minimum absolute atomic E-state index is 0.00522. The minimum atomic E-state index is -0.348. The van der Waals surface area contributed by atoms with E-state index in [-0.39, 0.29) is 17.6 Å². The summed E-state index contributed by atoms with van der Waals surface area (Å²) in [6.45, 7) is 6.98. The highest BCUT2D eigenvalue weighted by atomic mass is 16.5. The minimum Gasteiger partial charge on any atom is -0.369 e. The van der Waals surface area contributed by atoms with Crippen molar-refractivity contribution in [2.45, 2.75) is 32.5 Å². The molecule has 3 N–H and O–H groups in total. The second-order valence-corrected chi connectivity index (χ2v) is 5.31. The Morgan fingerprint density at radius 2 is 2.26 bits per heavy atom. The van der Waals surface area contributed by atoms with Crippen LogP contribution in [0.2, 0.25) is 0 Å². The summed E-state index contributed by atoms with van der Waals surface area (Å²) in [5, 5.41) is 0. The molecule has 1 aliphatic heterocycles. The monoisotopic (exact) mass is 265 g/mol. The van der Waals surface area contributed by atoms with Gasteiger partial charge in [0, 0.05) is 13.1 Å². The molecule has 1 aliphatic rings. The summed E-state index contributed by atoms with van der Waals surface area (Å²) in [5.41, 5.74) is 2.34. The summed E-state index contributed by atoms with van der Waals surface area (Å²) < 4.78 is 5.77. The van der Waals surface area contributed by atoms with Crippen molar-refractivity contribution in [2.75, 3.05) is 18.5 Å². The van der Waals surface area contributed by atoms with E-state index in [9.17, 15) is 4.79 Å². The van der Waals surface area contributed by atoms with Gasteiger partial charge in [0.1, 0.15) is 5.69 Å². The fraction of sp³-hybridized carbons (Fsp3) is 0.583. The third kappa shape index (κ3) is 3.18. The molecule has 19 heavy (non-hydrogen) atoms. The Morgan fingerprint density at radius 3 is 2.79 bits per heavy atom. The van der Waals surface area contributed by atoms with Crippen LogP contribution < -0.4 is 11.3 Å². The van der Waals surface area contributed by atoms with E-state index in [1.807, 2.05) is 20.8 Å². The quantitative estimate of drug-likeness (QED) is 0.594. The number of anilines is 1. The van der Waals surface area contributed by atoms with Gasteiger partial charge in [-0.15, -0.1) is 0 Å². The van der Waals surface area contributed by atoms with Crippen LogP contribution in [-0.4, -0.2) is 45.6 Å². The summed E-state index contributed by atoms with van der Waals surface area (Å²) >= 11 is 0. The van der Waals surface area contributed by atoms with Crippen LogP contribution in [0.3, 0.4) is 0 Å². The molecule has 0 saturated carbocycles. The number of ether oxygens (including phenoxy) is 1. The highest BCUT2D eigenvalue weighted by Crippen LogP contribution is 2.21. The van der Waals surface area contributed by atoms with Crippen LogP contribution in [0.1, 0.15) is 31.3 Å². The number of rotatable bonds is 2.